The summed E-state index contributed by atoms with van der Waals surface area (Å²) < 4.78 is 12.1. The second-order valence-electron chi connectivity index (χ2n) is 4.71. The maximum Gasteiger partial charge on any atom is 0.435 e. The van der Waals surface area contributed by atoms with E-state index in [-0.39, 0.29) is 6.61 Å². The molecule has 3 rings (SSSR count). The highest BCUT2D eigenvalue weighted by Gasteiger charge is 2.17. The second kappa shape index (κ2) is 7.11. The van der Waals surface area contributed by atoms with Crippen molar-refractivity contribution in [3.8, 4) is 16.3 Å². The van der Waals surface area contributed by atoms with Crippen molar-refractivity contribution in [3.63, 3.8) is 0 Å². The summed E-state index contributed by atoms with van der Waals surface area (Å²) in [7, 11) is 0. The molecular weight excluding hydrogens is 312 g/mol. The topological polar surface area (TPSA) is 53.4 Å². The lowest BCUT2D eigenvalue weighted by Crippen LogP contribution is -2.18. The quantitative estimate of drug-likeness (QED) is 0.704. The molecule has 0 unspecified atom stereocenters. The van der Waals surface area contributed by atoms with Gasteiger partial charge in [0.15, 0.2) is 0 Å². The van der Waals surface area contributed by atoms with Gasteiger partial charge < -0.3 is 9.47 Å². The minimum absolute atomic E-state index is 0.237. The van der Waals surface area contributed by atoms with Crippen molar-refractivity contribution >= 4 is 17.4 Å². The first-order valence-electron chi connectivity index (χ1n) is 7.25. The fraction of sp³-hybridized carbons (Fsp3) is 0.176. The molecule has 0 saturated carbocycles. The summed E-state index contributed by atoms with van der Waals surface area (Å²) in [5.41, 5.74) is 1.38. The first-order chi connectivity index (χ1) is 11.3. The number of ether oxygens (including phenoxy) is 2. The molecule has 23 heavy (non-hydrogen) atoms. The van der Waals surface area contributed by atoms with E-state index < -0.39 is 6.09 Å². The van der Waals surface area contributed by atoms with Gasteiger partial charge in [0.1, 0.15) is 18.1 Å². The van der Waals surface area contributed by atoms with Crippen molar-refractivity contribution in [1.82, 2.24) is 9.78 Å². The number of rotatable bonds is 5. The number of aromatic nitrogens is 2. The van der Waals surface area contributed by atoms with Crippen LogP contribution in [0.2, 0.25) is 0 Å². The molecule has 6 heteroatoms. The lowest BCUT2D eigenvalue weighted by Gasteiger charge is -2.07. The maximum absolute atomic E-state index is 12.1. The zero-order chi connectivity index (χ0) is 16.1. The van der Waals surface area contributed by atoms with Crippen molar-refractivity contribution < 1.29 is 14.3 Å². The van der Waals surface area contributed by atoms with Crippen LogP contribution in [0.25, 0.3) is 10.6 Å². The molecule has 5 nitrogen and oxygen atoms in total. The van der Waals surface area contributed by atoms with Crippen LogP contribution in [0, 0.1) is 0 Å². The van der Waals surface area contributed by atoms with E-state index in [1.807, 2.05) is 53.9 Å². The Morgan fingerprint density at radius 1 is 1.22 bits per heavy atom. The molecule has 2 aromatic heterocycles. The molecule has 3 aromatic rings. The molecule has 0 N–H and O–H groups in total. The molecule has 0 aliphatic carbocycles. The lowest BCUT2D eigenvalue weighted by molar-refractivity contribution is 0.147. The van der Waals surface area contributed by atoms with Crippen molar-refractivity contribution in [2.75, 3.05) is 6.61 Å². The van der Waals surface area contributed by atoms with Gasteiger partial charge in [-0.2, -0.15) is 9.78 Å². The molecule has 0 aliphatic heterocycles. The van der Waals surface area contributed by atoms with Gasteiger partial charge in [0.05, 0.1) is 17.2 Å². The van der Waals surface area contributed by atoms with Crippen LogP contribution in [0.4, 0.5) is 4.79 Å². The van der Waals surface area contributed by atoms with Crippen molar-refractivity contribution in [1.29, 1.82) is 0 Å². The number of carbonyl (C=O) groups excluding carboxylic acids is 1. The first kappa shape index (κ1) is 15.3. The molecule has 118 valence electrons. The van der Waals surface area contributed by atoms with Gasteiger partial charge in [-0.25, -0.2) is 4.79 Å². The molecule has 0 amide bonds. The van der Waals surface area contributed by atoms with Crippen LogP contribution in [0.1, 0.15) is 12.6 Å². The lowest BCUT2D eigenvalue weighted by atomic mass is 10.3. The van der Waals surface area contributed by atoms with Crippen LogP contribution in [0.5, 0.6) is 5.75 Å². The normalized spacial score (nSPS) is 10.5. The van der Waals surface area contributed by atoms with Crippen LogP contribution >= 0.6 is 11.3 Å². The summed E-state index contributed by atoms with van der Waals surface area (Å²) in [6, 6.07) is 15.2. The number of benzene rings is 1. The highest BCUT2D eigenvalue weighted by Crippen LogP contribution is 2.25. The standard InChI is InChI=1S/C17H16N2O3S/c1-2-21-17(20)19-13(12-22-14-7-4-3-5-8-14)11-15(18-19)16-9-6-10-23-16/h3-11H,2,12H2,1H3. The number of para-hydroxylation sites is 1. The van der Waals surface area contributed by atoms with Crippen LogP contribution in [-0.2, 0) is 11.3 Å². The summed E-state index contributed by atoms with van der Waals surface area (Å²) in [5.74, 6) is 0.738. The minimum Gasteiger partial charge on any atom is -0.487 e. The molecule has 0 aliphatic rings. The van der Waals surface area contributed by atoms with E-state index in [1.165, 1.54) is 4.68 Å². The molecule has 1 aromatic carbocycles. The predicted molar refractivity (Wildman–Crippen MR) is 88.7 cm³/mol. The van der Waals surface area contributed by atoms with Crippen LogP contribution < -0.4 is 4.74 Å². The highest BCUT2D eigenvalue weighted by molar-refractivity contribution is 7.13. The van der Waals surface area contributed by atoms with E-state index in [4.69, 9.17) is 9.47 Å². The van der Waals surface area contributed by atoms with E-state index >= 15 is 0 Å². The summed E-state index contributed by atoms with van der Waals surface area (Å²) in [4.78, 5) is 13.1. The number of nitrogens with zero attached hydrogens (tertiary/aromatic N) is 2. The third kappa shape index (κ3) is 3.60. The summed E-state index contributed by atoms with van der Waals surface area (Å²) in [6.07, 6.45) is -0.498. The van der Waals surface area contributed by atoms with Crippen molar-refractivity contribution in [2.45, 2.75) is 13.5 Å². The van der Waals surface area contributed by atoms with Crippen LogP contribution in [0.15, 0.2) is 53.9 Å². The SMILES string of the molecule is CCOC(=O)n1nc(-c2cccs2)cc1COc1ccccc1. The van der Waals surface area contributed by atoms with Gasteiger partial charge in [-0.15, -0.1) is 11.3 Å². The second-order valence-corrected chi connectivity index (χ2v) is 5.66. The van der Waals surface area contributed by atoms with E-state index in [1.54, 1.807) is 18.3 Å². The maximum atomic E-state index is 12.1. The number of thiophene rings is 1. The molecule has 0 fully saturated rings. The van der Waals surface area contributed by atoms with Crippen molar-refractivity contribution in [3.05, 3.63) is 59.6 Å². The number of hydrogen-bond acceptors (Lipinski definition) is 5. The zero-order valence-corrected chi connectivity index (χ0v) is 13.5. The van der Waals surface area contributed by atoms with Gasteiger partial charge in [0.25, 0.3) is 0 Å². The molecule has 0 radical (unpaired) electrons. The molecule has 2 heterocycles. The monoisotopic (exact) mass is 328 g/mol. The summed E-state index contributed by atoms with van der Waals surface area (Å²) in [6.45, 7) is 2.30. The van der Waals surface area contributed by atoms with Crippen LogP contribution in [0.3, 0.4) is 0 Å². The number of carbonyl (C=O) groups is 1. The Morgan fingerprint density at radius 3 is 2.74 bits per heavy atom. The first-order valence-corrected chi connectivity index (χ1v) is 8.13. The fourth-order valence-corrected chi connectivity index (χ4v) is 2.77. The van der Waals surface area contributed by atoms with Gasteiger partial charge in [-0.05, 0) is 36.6 Å². The Morgan fingerprint density at radius 2 is 2.04 bits per heavy atom. The minimum atomic E-state index is -0.498. The largest absolute Gasteiger partial charge is 0.487 e. The van der Waals surface area contributed by atoms with E-state index in [0.29, 0.717) is 12.3 Å². The Bertz CT molecular complexity index is 767. The Labute approximate surface area is 138 Å². The third-order valence-corrected chi connectivity index (χ3v) is 4.02. The average molecular weight is 328 g/mol. The van der Waals surface area contributed by atoms with Gasteiger partial charge in [-0.3, -0.25) is 0 Å². The van der Waals surface area contributed by atoms with E-state index in [0.717, 1.165) is 16.3 Å². The summed E-state index contributed by atoms with van der Waals surface area (Å²) in [5, 5.41) is 6.33. The van der Waals surface area contributed by atoms with Crippen molar-refractivity contribution in [2.24, 2.45) is 0 Å². The van der Waals surface area contributed by atoms with E-state index in [2.05, 4.69) is 5.10 Å². The molecule has 0 spiro atoms. The Kier molecular flexibility index (Phi) is 4.73. The smallest absolute Gasteiger partial charge is 0.435 e. The fourth-order valence-electron chi connectivity index (χ4n) is 2.08. The molecular formula is C17H16N2O3S. The van der Waals surface area contributed by atoms with E-state index in [9.17, 15) is 4.79 Å². The van der Waals surface area contributed by atoms with Gasteiger partial charge in [0, 0.05) is 0 Å². The van der Waals surface area contributed by atoms with Crippen LogP contribution in [-0.4, -0.2) is 22.5 Å². The highest BCUT2D eigenvalue weighted by atomic mass is 32.1. The molecule has 0 bridgehead atoms. The predicted octanol–water partition coefficient (Wildman–Crippen LogP) is 4.20. The molecule has 0 atom stereocenters. The third-order valence-electron chi connectivity index (χ3n) is 3.13. The Hall–Kier alpha value is -2.60. The van der Waals surface area contributed by atoms with Gasteiger partial charge in [0.2, 0.25) is 0 Å². The zero-order valence-electron chi connectivity index (χ0n) is 12.6. The molecule has 0 saturated heterocycles. The average Bonchev–Trinajstić information content (AvgIpc) is 3.23. The van der Waals surface area contributed by atoms with Gasteiger partial charge >= 0.3 is 6.09 Å². The van der Waals surface area contributed by atoms with Gasteiger partial charge in [-0.1, -0.05) is 24.3 Å². The summed E-state index contributed by atoms with van der Waals surface area (Å²) >= 11 is 1.57. The number of hydrogen-bond donors (Lipinski definition) is 0. The Balaban J connectivity index is 1.85.